The van der Waals surface area contributed by atoms with E-state index in [1.54, 1.807) is 12.1 Å². The maximum Gasteiger partial charge on any atom is 0.337 e. The van der Waals surface area contributed by atoms with Crippen LogP contribution in [-0.4, -0.2) is 23.0 Å². The van der Waals surface area contributed by atoms with Crippen LogP contribution in [0.5, 0.6) is 11.6 Å². The fourth-order valence-electron chi connectivity index (χ4n) is 2.17. The van der Waals surface area contributed by atoms with Crippen molar-refractivity contribution in [3.63, 3.8) is 0 Å². The zero-order valence-electron chi connectivity index (χ0n) is 14.1. The molecular weight excluding hydrogens is 358 g/mol. The normalized spacial score (nSPS) is 10.3. The van der Waals surface area contributed by atoms with Crippen LogP contribution >= 0.6 is 0 Å². The van der Waals surface area contributed by atoms with Crippen molar-refractivity contribution < 1.29 is 23.0 Å². The van der Waals surface area contributed by atoms with Crippen LogP contribution in [0.25, 0.3) is 0 Å². The van der Waals surface area contributed by atoms with Gasteiger partial charge in [0.15, 0.2) is 5.82 Å². The van der Waals surface area contributed by atoms with Crippen LogP contribution in [-0.2, 0) is 4.74 Å². The molecular formula is C18H14F2N4O3. The number of hydrogen-bond acceptors (Lipinski definition) is 7. The summed E-state index contributed by atoms with van der Waals surface area (Å²) in [6, 6.07) is 9.18. The average molecular weight is 372 g/mol. The highest BCUT2D eigenvalue weighted by molar-refractivity contribution is 5.89. The van der Waals surface area contributed by atoms with Crippen LogP contribution in [0.4, 0.5) is 26.0 Å². The van der Waals surface area contributed by atoms with Gasteiger partial charge < -0.3 is 20.5 Å². The van der Waals surface area contributed by atoms with Gasteiger partial charge in [0.2, 0.25) is 5.88 Å². The SMILES string of the molecule is COC(=O)c1ccc(Oc2ncnc(Nc3ccc(F)cc3F)c2N)cc1. The summed E-state index contributed by atoms with van der Waals surface area (Å²) in [7, 11) is 1.28. The highest BCUT2D eigenvalue weighted by Crippen LogP contribution is 2.31. The van der Waals surface area contributed by atoms with Gasteiger partial charge in [0, 0.05) is 6.07 Å². The Balaban J connectivity index is 1.81. The molecule has 0 aliphatic heterocycles. The number of ether oxygens (including phenoxy) is 2. The smallest absolute Gasteiger partial charge is 0.337 e. The van der Waals surface area contributed by atoms with E-state index >= 15 is 0 Å². The van der Waals surface area contributed by atoms with E-state index in [4.69, 9.17) is 10.5 Å². The molecule has 1 heterocycles. The van der Waals surface area contributed by atoms with Gasteiger partial charge in [0.05, 0.1) is 18.4 Å². The predicted octanol–water partition coefficient (Wildman–Crippen LogP) is 3.66. The molecule has 0 unspecified atom stereocenters. The second-order valence-electron chi connectivity index (χ2n) is 5.31. The molecule has 27 heavy (non-hydrogen) atoms. The summed E-state index contributed by atoms with van der Waals surface area (Å²) in [4.78, 5) is 19.3. The molecule has 0 bridgehead atoms. The molecule has 1 aromatic heterocycles. The number of benzene rings is 2. The predicted molar refractivity (Wildman–Crippen MR) is 93.9 cm³/mol. The van der Waals surface area contributed by atoms with Crippen LogP contribution in [0.15, 0.2) is 48.8 Å². The maximum atomic E-state index is 13.8. The largest absolute Gasteiger partial charge is 0.465 e. The Kier molecular flexibility index (Phi) is 5.11. The van der Waals surface area contributed by atoms with E-state index in [9.17, 15) is 13.6 Å². The molecule has 3 N–H and O–H groups in total. The van der Waals surface area contributed by atoms with Crippen LogP contribution in [0.1, 0.15) is 10.4 Å². The third kappa shape index (κ3) is 4.09. The summed E-state index contributed by atoms with van der Waals surface area (Å²) in [5.41, 5.74) is 6.35. The number of nitrogens with one attached hydrogen (secondary N) is 1. The summed E-state index contributed by atoms with van der Waals surface area (Å²) in [5, 5.41) is 2.67. The molecule has 0 aliphatic carbocycles. The molecule has 3 aromatic rings. The fourth-order valence-corrected chi connectivity index (χ4v) is 2.17. The minimum absolute atomic E-state index is 0.00446. The van der Waals surface area contributed by atoms with Crippen LogP contribution in [0, 0.1) is 11.6 Å². The van der Waals surface area contributed by atoms with Crippen molar-refractivity contribution >= 4 is 23.2 Å². The minimum atomic E-state index is -0.797. The Morgan fingerprint density at radius 1 is 1.11 bits per heavy atom. The molecule has 0 radical (unpaired) electrons. The first-order valence-corrected chi connectivity index (χ1v) is 7.66. The lowest BCUT2D eigenvalue weighted by atomic mass is 10.2. The number of esters is 1. The molecule has 3 rings (SSSR count). The van der Waals surface area contributed by atoms with E-state index < -0.39 is 17.6 Å². The summed E-state index contributed by atoms with van der Waals surface area (Å²) < 4.78 is 37.0. The highest BCUT2D eigenvalue weighted by Gasteiger charge is 2.13. The highest BCUT2D eigenvalue weighted by atomic mass is 19.1. The van der Waals surface area contributed by atoms with E-state index in [2.05, 4.69) is 20.0 Å². The van der Waals surface area contributed by atoms with E-state index in [0.717, 1.165) is 12.1 Å². The number of nitrogen functional groups attached to an aromatic ring is 1. The molecule has 0 spiro atoms. The fraction of sp³-hybridized carbons (Fsp3) is 0.0556. The van der Waals surface area contributed by atoms with Gasteiger partial charge in [-0.05, 0) is 36.4 Å². The summed E-state index contributed by atoms with van der Waals surface area (Å²) in [6.45, 7) is 0. The maximum absolute atomic E-state index is 13.8. The molecule has 0 atom stereocenters. The molecule has 0 saturated heterocycles. The van der Waals surface area contributed by atoms with E-state index in [0.29, 0.717) is 11.3 Å². The molecule has 9 heteroatoms. The number of methoxy groups -OCH3 is 1. The van der Waals surface area contributed by atoms with Crippen molar-refractivity contribution in [2.75, 3.05) is 18.2 Å². The zero-order valence-corrected chi connectivity index (χ0v) is 14.1. The summed E-state index contributed by atoms with van der Waals surface area (Å²) in [6.07, 6.45) is 1.18. The Labute approximate surface area is 152 Å². The van der Waals surface area contributed by atoms with Crippen molar-refractivity contribution in [3.05, 3.63) is 66.0 Å². The van der Waals surface area contributed by atoms with Gasteiger partial charge in [0.25, 0.3) is 0 Å². The molecule has 0 aliphatic rings. The third-order valence-electron chi connectivity index (χ3n) is 3.52. The number of aromatic nitrogens is 2. The Morgan fingerprint density at radius 2 is 1.85 bits per heavy atom. The second-order valence-corrected chi connectivity index (χ2v) is 5.31. The van der Waals surface area contributed by atoms with Crippen molar-refractivity contribution in [3.8, 4) is 11.6 Å². The van der Waals surface area contributed by atoms with E-state index in [1.165, 1.54) is 31.6 Å². The molecule has 0 amide bonds. The summed E-state index contributed by atoms with van der Waals surface area (Å²) >= 11 is 0. The number of halogens is 2. The third-order valence-corrected chi connectivity index (χ3v) is 3.52. The van der Waals surface area contributed by atoms with Gasteiger partial charge in [-0.3, -0.25) is 0 Å². The van der Waals surface area contributed by atoms with Crippen LogP contribution in [0.2, 0.25) is 0 Å². The lowest BCUT2D eigenvalue weighted by molar-refractivity contribution is 0.0600. The number of carbonyl (C=O) groups excluding carboxylic acids is 1. The van der Waals surface area contributed by atoms with Gasteiger partial charge in [-0.25, -0.2) is 18.6 Å². The van der Waals surface area contributed by atoms with Gasteiger partial charge in [-0.15, -0.1) is 0 Å². The standard InChI is InChI=1S/C18H14F2N4O3/c1-26-18(25)10-2-5-12(6-3-10)27-17-15(21)16(22-9-23-17)24-14-7-4-11(19)8-13(14)20/h2-9H,21H2,1H3,(H,22,23,24). The van der Waals surface area contributed by atoms with Crippen molar-refractivity contribution in [2.45, 2.75) is 0 Å². The molecule has 7 nitrogen and oxygen atoms in total. The Bertz CT molecular complexity index is 981. The number of nitrogens with two attached hydrogens (primary N) is 1. The molecule has 2 aromatic carbocycles. The lowest BCUT2D eigenvalue weighted by Gasteiger charge is -2.12. The first-order valence-electron chi connectivity index (χ1n) is 7.66. The zero-order chi connectivity index (χ0) is 19.4. The number of hydrogen-bond donors (Lipinski definition) is 2. The van der Waals surface area contributed by atoms with Crippen molar-refractivity contribution in [1.82, 2.24) is 9.97 Å². The molecule has 0 fully saturated rings. The van der Waals surface area contributed by atoms with Gasteiger partial charge in [-0.1, -0.05) is 0 Å². The monoisotopic (exact) mass is 372 g/mol. The van der Waals surface area contributed by atoms with Gasteiger partial charge in [0.1, 0.15) is 29.4 Å². The lowest BCUT2D eigenvalue weighted by Crippen LogP contribution is -2.04. The van der Waals surface area contributed by atoms with Crippen molar-refractivity contribution in [1.29, 1.82) is 0 Å². The number of rotatable bonds is 5. The van der Waals surface area contributed by atoms with E-state index in [-0.39, 0.29) is 23.1 Å². The van der Waals surface area contributed by atoms with Crippen LogP contribution < -0.4 is 15.8 Å². The average Bonchev–Trinajstić information content (AvgIpc) is 2.67. The van der Waals surface area contributed by atoms with Crippen LogP contribution in [0.3, 0.4) is 0 Å². The topological polar surface area (TPSA) is 99.4 Å². The van der Waals surface area contributed by atoms with Gasteiger partial charge >= 0.3 is 5.97 Å². The number of anilines is 3. The summed E-state index contributed by atoms with van der Waals surface area (Å²) in [5.74, 6) is -1.48. The second kappa shape index (κ2) is 7.65. The minimum Gasteiger partial charge on any atom is -0.465 e. The quantitative estimate of drug-likeness (QED) is 0.659. The van der Waals surface area contributed by atoms with E-state index in [1.807, 2.05) is 0 Å². The van der Waals surface area contributed by atoms with Gasteiger partial charge in [-0.2, -0.15) is 4.98 Å². The Morgan fingerprint density at radius 3 is 2.52 bits per heavy atom. The van der Waals surface area contributed by atoms with Crippen molar-refractivity contribution in [2.24, 2.45) is 0 Å². The first-order chi connectivity index (χ1) is 13.0. The number of nitrogens with zero attached hydrogens (tertiary/aromatic N) is 2. The molecule has 138 valence electrons. The Hall–Kier alpha value is -3.75. The molecule has 0 saturated carbocycles. The first kappa shape index (κ1) is 18.1. The number of carbonyl (C=O) groups is 1.